The third-order valence-electron chi connectivity index (χ3n) is 6.34. The van der Waals surface area contributed by atoms with Crippen molar-refractivity contribution in [2.24, 2.45) is 0 Å². The molecule has 0 saturated heterocycles. The van der Waals surface area contributed by atoms with Gasteiger partial charge < -0.3 is 14.5 Å². The Bertz CT molecular complexity index is 910. The quantitative estimate of drug-likeness (QED) is 0.846. The summed E-state index contributed by atoms with van der Waals surface area (Å²) < 4.78 is 12.4. The van der Waals surface area contributed by atoms with Gasteiger partial charge in [-0.1, -0.05) is 48.5 Å². The first-order valence-corrected chi connectivity index (χ1v) is 9.46. The van der Waals surface area contributed by atoms with Crippen molar-refractivity contribution >= 4 is 19.0 Å². The standard InChI is InChI=1S/C23H26BO3/c1-21(2,25)22(3,4)27-24-18-12-8-11-17-20(18)26-19-14-13-15-9-6-7-10-16(15)23(17,19)5/h6-14,19,25H,1-5H3. The van der Waals surface area contributed by atoms with Crippen LogP contribution in [0.15, 0.2) is 48.5 Å². The lowest BCUT2D eigenvalue weighted by atomic mass is 9.68. The van der Waals surface area contributed by atoms with Crippen molar-refractivity contribution in [3.8, 4) is 5.75 Å². The van der Waals surface area contributed by atoms with Gasteiger partial charge in [0.2, 0.25) is 0 Å². The van der Waals surface area contributed by atoms with Crippen LogP contribution in [0, 0.1) is 0 Å². The zero-order valence-corrected chi connectivity index (χ0v) is 16.6. The molecule has 2 aromatic carbocycles. The van der Waals surface area contributed by atoms with Crippen molar-refractivity contribution < 1.29 is 14.5 Å². The van der Waals surface area contributed by atoms with E-state index in [1.165, 1.54) is 16.7 Å². The van der Waals surface area contributed by atoms with Gasteiger partial charge in [0.05, 0.1) is 16.6 Å². The van der Waals surface area contributed by atoms with Gasteiger partial charge in [0.1, 0.15) is 11.9 Å². The van der Waals surface area contributed by atoms with Crippen molar-refractivity contribution in [2.45, 2.75) is 57.3 Å². The Morgan fingerprint density at radius 2 is 1.74 bits per heavy atom. The minimum Gasteiger partial charge on any atom is -0.485 e. The van der Waals surface area contributed by atoms with Gasteiger partial charge in [0.25, 0.3) is 0 Å². The summed E-state index contributed by atoms with van der Waals surface area (Å²) in [5, 5.41) is 10.4. The van der Waals surface area contributed by atoms with E-state index in [1.54, 1.807) is 21.3 Å². The number of para-hydroxylation sites is 1. The molecule has 2 atom stereocenters. The van der Waals surface area contributed by atoms with Gasteiger partial charge in [-0.25, -0.2) is 0 Å². The smallest absolute Gasteiger partial charge is 0.334 e. The van der Waals surface area contributed by atoms with Crippen LogP contribution in [0.3, 0.4) is 0 Å². The van der Waals surface area contributed by atoms with Gasteiger partial charge >= 0.3 is 7.48 Å². The van der Waals surface area contributed by atoms with E-state index in [0.29, 0.717) is 0 Å². The van der Waals surface area contributed by atoms with Crippen molar-refractivity contribution in [2.75, 3.05) is 0 Å². The molecule has 2 aliphatic rings. The Balaban J connectivity index is 1.72. The Morgan fingerprint density at radius 1 is 1.04 bits per heavy atom. The molecule has 0 spiro atoms. The van der Waals surface area contributed by atoms with Gasteiger partial charge in [-0.05, 0) is 57.3 Å². The first-order valence-electron chi connectivity index (χ1n) is 9.46. The SMILES string of the molecule is CC12c3ccccc3C=CC1Oc1c([B]OC(C)(C)C(C)(C)O)cccc12. The van der Waals surface area contributed by atoms with Crippen molar-refractivity contribution in [3.05, 3.63) is 65.2 Å². The largest absolute Gasteiger partial charge is 0.485 e. The molecule has 139 valence electrons. The molecule has 3 nitrogen and oxygen atoms in total. The summed E-state index contributed by atoms with van der Waals surface area (Å²) in [6.45, 7) is 9.52. The van der Waals surface area contributed by atoms with Crippen molar-refractivity contribution in [3.63, 3.8) is 0 Å². The number of benzene rings is 2. The Kier molecular flexibility index (Phi) is 4.06. The molecular formula is C23H26BO3. The van der Waals surface area contributed by atoms with Crippen molar-refractivity contribution in [1.82, 2.24) is 0 Å². The van der Waals surface area contributed by atoms with Gasteiger partial charge in [0, 0.05) is 5.56 Å². The molecule has 4 rings (SSSR count). The summed E-state index contributed by atoms with van der Waals surface area (Å²) in [6, 6.07) is 14.7. The monoisotopic (exact) mass is 361 g/mol. The van der Waals surface area contributed by atoms with E-state index in [0.717, 1.165) is 11.2 Å². The van der Waals surface area contributed by atoms with Gasteiger partial charge in [-0.3, -0.25) is 0 Å². The van der Waals surface area contributed by atoms with Crippen LogP contribution < -0.4 is 10.2 Å². The highest BCUT2D eigenvalue weighted by molar-refractivity contribution is 6.48. The molecule has 0 saturated carbocycles. The van der Waals surface area contributed by atoms with Crippen LogP contribution in [0.4, 0.5) is 0 Å². The molecule has 2 unspecified atom stereocenters. The van der Waals surface area contributed by atoms with Crippen LogP contribution in [0.1, 0.15) is 51.3 Å². The third kappa shape index (κ3) is 2.74. The molecule has 1 radical (unpaired) electrons. The molecule has 2 aromatic rings. The average molecular weight is 361 g/mol. The van der Waals surface area contributed by atoms with E-state index in [1.807, 2.05) is 26.0 Å². The molecule has 1 aliphatic heterocycles. The number of hydrogen-bond acceptors (Lipinski definition) is 3. The van der Waals surface area contributed by atoms with Gasteiger partial charge in [0.15, 0.2) is 0 Å². The van der Waals surface area contributed by atoms with E-state index in [2.05, 4.69) is 49.4 Å². The summed E-state index contributed by atoms with van der Waals surface area (Å²) in [6.07, 6.45) is 4.25. The lowest BCUT2D eigenvalue weighted by molar-refractivity contribution is -0.0893. The fourth-order valence-corrected chi connectivity index (χ4v) is 3.78. The van der Waals surface area contributed by atoms with Crippen molar-refractivity contribution in [1.29, 1.82) is 0 Å². The number of ether oxygens (including phenoxy) is 1. The second-order valence-corrected chi connectivity index (χ2v) is 8.72. The highest BCUT2D eigenvalue weighted by Gasteiger charge is 2.48. The summed E-state index contributed by atoms with van der Waals surface area (Å²) in [5.74, 6) is 0.859. The van der Waals surface area contributed by atoms with E-state index in [4.69, 9.17) is 9.39 Å². The summed E-state index contributed by atoms with van der Waals surface area (Å²) in [5.41, 5.74) is 2.67. The maximum Gasteiger partial charge on any atom is 0.334 e. The lowest BCUT2D eigenvalue weighted by Gasteiger charge is -2.37. The van der Waals surface area contributed by atoms with E-state index < -0.39 is 11.2 Å². The highest BCUT2D eigenvalue weighted by Crippen LogP contribution is 2.50. The highest BCUT2D eigenvalue weighted by atomic mass is 16.5. The molecule has 0 aromatic heterocycles. The van der Waals surface area contributed by atoms with Crippen LogP contribution in [0.25, 0.3) is 6.08 Å². The zero-order chi connectivity index (χ0) is 19.4. The van der Waals surface area contributed by atoms with E-state index >= 15 is 0 Å². The minimum absolute atomic E-state index is 0.0424. The Hall–Kier alpha value is -2.04. The Labute approximate surface area is 162 Å². The summed E-state index contributed by atoms with van der Waals surface area (Å²) in [7, 11) is 1.72. The molecule has 1 heterocycles. The van der Waals surface area contributed by atoms with Crippen LogP contribution in [-0.4, -0.2) is 29.9 Å². The van der Waals surface area contributed by atoms with Gasteiger partial charge in [-0.2, -0.15) is 0 Å². The molecule has 0 amide bonds. The molecule has 27 heavy (non-hydrogen) atoms. The number of hydrogen-bond donors (Lipinski definition) is 1. The Morgan fingerprint density at radius 3 is 2.48 bits per heavy atom. The maximum atomic E-state index is 10.4. The summed E-state index contributed by atoms with van der Waals surface area (Å²) in [4.78, 5) is 0. The molecule has 0 bridgehead atoms. The number of fused-ring (bicyclic) bond motifs is 5. The number of aliphatic hydroxyl groups is 1. The second-order valence-electron chi connectivity index (χ2n) is 8.72. The van der Waals surface area contributed by atoms with Crippen LogP contribution in [-0.2, 0) is 10.1 Å². The third-order valence-corrected chi connectivity index (χ3v) is 6.34. The number of rotatable bonds is 4. The molecule has 4 heteroatoms. The lowest BCUT2D eigenvalue weighted by Crippen LogP contribution is -2.49. The normalized spacial score (nSPS) is 23.3. The van der Waals surface area contributed by atoms with Crippen LogP contribution >= 0.6 is 0 Å². The summed E-state index contributed by atoms with van der Waals surface area (Å²) >= 11 is 0. The fraction of sp³-hybridized carbons (Fsp3) is 0.391. The average Bonchev–Trinajstić information content (AvgIpc) is 2.93. The molecule has 0 fully saturated rings. The molecule has 1 N–H and O–H groups in total. The van der Waals surface area contributed by atoms with E-state index in [9.17, 15) is 5.11 Å². The zero-order valence-electron chi connectivity index (χ0n) is 16.6. The van der Waals surface area contributed by atoms with Gasteiger partial charge in [-0.15, -0.1) is 0 Å². The topological polar surface area (TPSA) is 38.7 Å². The van der Waals surface area contributed by atoms with E-state index in [-0.39, 0.29) is 11.5 Å². The predicted molar refractivity (Wildman–Crippen MR) is 110 cm³/mol. The molecule has 1 aliphatic carbocycles. The maximum absolute atomic E-state index is 10.4. The first-order chi connectivity index (χ1) is 12.6. The van der Waals surface area contributed by atoms with Crippen LogP contribution in [0.5, 0.6) is 5.75 Å². The fourth-order valence-electron chi connectivity index (χ4n) is 3.78. The first kappa shape index (κ1) is 18.3. The molecular weight excluding hydrogens is 335 g/mol. The van der Waals surface area contributed by atoms with Crippen LogP contribution in [0.2, 0.25) is 0 Å². The minimum atomic E-state index is -0.968. The second kappa shape index (κ2) is 5.98. The predicted octanol–water partition coefficient (Wildman–Crippen LogP) is 3.59.